The monoisotopic (exact) mass is 251 g/mol. The van der Waals surface area contributed by atoms with Gasteiger partial charge >= 0.3 is 0 Å². The minimum atomic E-state index is -1.01. The van der Waals surface area contributed by atoms with Crippen molar-refractivity contribution in [3.8, 4) is 0 Å². The van der Waals surface area contributed by atoms with E-state index in [1.165, 1.54) is 12.1 Å². The van der Waals surface area contributed by atoms with E-state index in [1.54, 1.807) is 31.3 Å². The Labute approximate surface area is 104 Å². The zero-order valence-corrected chi connectivity index (χ0v) is 9.95. The summed E-state index contributed by atoms with van der Waals surface area (Å²) in [7, 11) is 0. The maximum absolute atomic E-state index is 13.2. The van der Waals surface area contributed by atoms with Gasteiger partial charge in [-0.05, 0) is 42.3 Å². The molecule has 0 amide bonds. The van der Waals surface area contributed by atoms with E-state index in [9.17, 15) is 9.50 Å². The summed E-state index contributed by atoms with van der Waals surface area (Å²) in [6.45, 7) is 1.80. The molecule has 0 saturated heterocycles. The fourth-order valence-corrected chi connectivity index (χ4v) is 1.88. The molecule has 88 valence electrons. The Morgan fingerprint density at radius 1 is 1.35 bits per heavy atom. The molecule has 2 rings (SSSR count). The molecule has 1 aromatic heterocycles. The number of rotatable bonds is 2. The maximum Gasteiger partial charge on any atom is 0.123 e. The lowest BCUT2D eigenvalue weighted by molar-refractivity contribution is 0.214. The Bertz CT molecular complexity index is 545. The molecule has 1 heterocycles. The van der Waals surface area contributed by atoms with Crippen LogP contribution in [0.5, 0.6) is 0 Å². The first kappa shape index (κ1) is 12.0. The van der Waals surface area contributed by atoms with Crippen LogP contribution < -0.4 is 0 Å². The van der Waals surface area contributed by atoms with Crippen LogP contribution in [0.3, 0.4) is 0 Å². The molecule has 0 bridgehead atoms. The van der Waals surface area contributed by atoms with E-state index in [1.807, 2.05) is 0 Å². The summed E-state index contributed by atoms with van der Waals surface area (Å²) in [6, 6.07) is 7.58. The average molecular weight is 252 g/mol. The van der Waals surface area contributed by atoms with Crippen LogP contribution in [0.4, 0.5) is 4.39 Å². The summed E-state index contributed by atoms with van der Waals surface area (Å²) in [5, 5.41) is 10.5. The SMILES string of the molecule is Cc1ccc(F)cc1C(O)c1ncccc1Cl. The average Bonchev–Trinajstić information content (AvgIpc) is 2.32. The van der Waals surface area contributed by atoms with E-state index in [0.717, 1.165) is 5.56 Å². The third kappa shape index (κ3) is 2.46. The van der Waals surface area contributed by atoms with Crippen LogP contribution in [0.15, 0.2) is 36.5 Å². The molecule has 0 aliphatic carbocycles. The zero-order valence-electron chi connectivity index (χ0n) is 9.19. The van der Waals surface area contributed by atoms with Gasteiger partial charge in [0.1, 0.15) is 11.9 Å². The number of aliphatic hydroxyl groups is 1. The quantitative estimate of drug-likeness (QED) is 0.889. The summed E-state index contributed by atoms with van der Waals surface area (Å²) in [6.07, 6.45) is 0.526. The topological polar surface area (TPSA) is 33.1 Å². The molecule has 1 atom stereocenters. The standard InChI is InChI=1S/C13H11ClFNO/c1-8-4-5-9(15)7-10(8)13(17)12-11(14)3-2-6-16-12/h2-7,13,17H,1H3. The van der Waals surface area contributed by atoms with Crippen LogP contribution in [0, 0.1) is 12.7 Å². The smallest absolute Gasteiger partial charge is 0.123 e. The summed E-state index contributed by atoms with van der Waals surface area (Å²) in [5.41, 5.74) is 1.61. The Morgan fingerprint density at radius 2 is 2.12 bits per heavy atom. The van der Waals surface area contributed by atoms with E-state index in [-0.39, 0.29) is 0 Å². The lowest BCUT2D eigenvalue weighted by atomic mass is 10.0. The van der Waals surface area contributed by atoms with Crippen molar-refractivity contribution in [3.05, 3.63) is 64.2 Å². The van der Waals surface area contributed by atoms with Crippen molar-refractivity contribution in [1.82, 2.24) is 4.98 Å². The number of aryl methyl sites for hydroxylation is 1. The second-order valence-electron chi connectivity index (χ2n) is 3.77. The first-order valence-electron chi connectivity index (χ1n) is 5.14. The van der Waals surface area contributed by atoms with Gasteiger partial charge in [-0.25, -0.2) is 4.39 Å². The van der Waals surface area contributed by atoms with Gasteiger partial charge in [0, 0.05) is 6.20 Å². The van der Waals surface area contributed by atoms with Crippen LogP contribution in [-0.4, -0.2) is 10.1 Å². The number of pyridine rings is 1. The van der Waals surface area contributed by atoms with Gasteiger partial charge in [0.25, 0.3) is 0 Å². The van der Waals surface area contributed by atoms with Crippen molar-refractivity contribution >= 4 is 11.6 Å². The van der Waals surface area contributed by atoms with Crippen LogP contribution in [-0.2, 0) is 0 Å². The van der Waals surface area contributed by atoms with Gasteiger partial charge in [-0.3, -0.25) is 4.98 Å². The summed E-state index contributed by atoms with van der Waals surface area (Å²) < 4.78 is 13.2. The van der Waals surface area contributed by atoms with Crippen molar-refractivity contribution in [1.29, 1.82) is 0 Å². The van der Waals surface area contributed by atoms with Gasteiger partial charge in [0.2, 0.25) is 0 Å². The largest absolute Gasteiger partial charge is 0.382 e. The number of aromatic nitrogens is 1. The molecule has 0 saturated carbocycles. The molecule has 2 nitrogen and oxygen atoms in total. The lowest BCUT2D eigenvalue weighted by Crippen LogP contribution is -2.05. The van der Waals surface area contributed by atoms with Crippen LogP contribution in [0.2, 0.25) is 5.02 Å². The molecule has 1 aromatic carbocycles. The molecule has 0 aliphatic heterocycles. The van der Waals surface area contributed by atoms with Crippen LogP contribution in [0.1, 0.15) is 22.9 Å². The molecule has 0 fully saturated rings. The van der Waals surface area contributed by atoms with E-state index in [0.29, 0.717) is 16.3 Å². The number of hydrogen-bond acceptors (Lipinski definition) is 2. The summed E-state index contributed by atoms with van der Waals surface area (Å²) in [4.78, 5) is 4.02. The highest BCUT2D eigenvalue weighted by molar-refractivity contribution is 6.31. The van der Waals surface area contributed by atoms with Gasteiger partial charge in [0.05, 0.1) is 10.7 Å². The fraction of sp³-hybridized carbons (Fsp3) is 0.154. The first-order valence-corrected chi connectivity index (χ1v) is 5.52. The molecular formula is C13H11ClFNO. The van der Waals surface area contributed by atoms with Gasteiger partial charge in [-0.15, -0.1) is 0 Å². The Kier molecular flexibility index (Phi) is 3.41. The van der Waals surface area contributed by atoms with Gasteiger partial charge in [-0.2, -0.15) is 0 Å². The highest BCUT2D eigenvalue weighted by Gasteiger charge is 2.17. The van der Waals surface area contributed by atoms with Crippen LogP contribution >= 0.6 is 11.6 Å². The predicted molar refractivity (Wildman–Crippen MR) is 64.4 cm³/mol. The van der Waals surface area contributed by atoms with E-state index in [4.69, 9.17) is 11.6 Å². The summed E-state index contributed by atoms with van der Waals surface area (Å²) >= 11 is 5.94. The lowest BCUT2D eigenvalue weighted by Gasteiger charge is -2.14. The second kappa shape index (κ2) is 4.82. The highest BCUT2D eigenvalue weighted by atomic mass is 35.5. The molecule has 0 aliphatic rings. The maximum atomic E-state index is 13.2. The van der Waals surface area contributed by atoms with Gasteiger partial charge in [0.15, 0.2) is 0 Å². The third-order valence-corrected chi connectivity index (χ3v) is 2.90. The van der Waals surface area contributed by atoms with Gasteiger partial charge in [-0.1, -0.05) is 17.7 Å². The Hall–Kier alpha value is -1.45. The van der Waals surface area contributed by atoms with Crippen molar-refractivity contribution in [2.75, 3.05) is 0 Å². The number of nitrogens with zero attached hydrogens (tertiary/aromatic N) is 1. The highest BCUT2D eigenvalue weighted by Crippen LogP contribution is 2.28. The molecule has 1 N–H and O–H groups in total. The van der Waals surface area contributed by atoms with Gasteiger partial charge < -0.3 is 5.11 Å². The molecule has 0 radical (unpaired) electrons. The van der Waals surface area contributed by atoms with E-state index in [2.05, 4.69) is 4.98 Å². The normalized spacial score (nSPS) is 12.5. The van der Waals surface area contributed by atoms with Crippen molar-refractivity contribution in [2.24, 2.45) is 0 Å². The molecule has 2 aromatic rings. The van der Waals surface area contributed by atoms with E-state index >= 15 is 0 Å². The minimum absolute atomic E-state index is 0.336. The van der Waals surface area contributed by atoms with Crippen molar-refractivity contribution < 1.29 is 9.50 Å². The third-order valence-electron chi connectivity index (χ3n) is 2.58. The number of hydrogen-bond donors (Lipinski definition) is 1. The molecule has 17 heavy (non-hydrogen) atoms. The summed E-state index contributed by atoms with van der Waals surface area (Å²) in [5.74, 6) is -0.392. The minimum Gasteiger partial charge on any atom is -0.382 e. The Balaban J connectivity index is 2.47. The number of aliphatic hydroxyl groups excluding tert-OH is 1. The number of benzene rings is 1. The zero-order chi connectivity index (χ0) is 12.4. The van der Waals surface area contributed by atoms with Crippen molar-refractivity contribution in [2.45, 2.75) is 13.0 Å². The molecule has 0 spiro atoms. The Morgan fingerprint density at radius 3 is 2.82 bits per heavy atom. The number of halogens is 2. The second-order valence-corrected chi connectivity index (χ2v) is 4.18. The van der Waals surface area contributed by atoms with Crippen LogP contribution in [0.25, 0.3) is 0 Å². The molecule has 4 heteroatoms. The fourth-order valence-electron chi connectivity index (χ4n) is 1.65. The predicted octanol–water partition coefficient (Wildman–Crippen LogP) is 3.26. The molecular weight excluding hydrogens is 241 g/mol. The van der Waals surface area contributed by atoms with E-state index < -0.39 is 11.9 Å². The molecule has 1 unspecified atom stereocenters. The first-order chi connectivity index (χ1) is 8.09. The van der Waals surface area contributed by atoms with Crippen molar-refractivity contribution in [3.63, 3.8) is 0 Å².